The van der Waals surface area contributed by atoms with Crippen LogP contribution in [0.25, 0.3) is 16.3 Å². The number of rotatable bonds is 6. The third-order valence-electron chi connectivity index (χ3n) is 4.26. The second-order valence-corrected chi connectivity index (χ2v) is 6.09. The number of fused-ring (bicyclic) bond motifs is 1. The van der Waals surface area contributed by atoms with Gasteiger partial charge >= 0.3 is 5.97 Å². The minimum Gasteiger partial charge on any atom is -0.480 e. The van der Waals surface area contributed by atoms with E-state index < -0.39 is 17.9 Å². The van der Waals surface area contributed by atoms with Crippen LogP contribution in [-0.2, 0) is 16.0 Å². The van der Waals surface area contributed by atoms with Crippen LogP contribution in [0.3, 0.4) is 0 Å². The predicted molar refractivity (Wildman–Crippen MR) is 103 cm³/mol. The van der Waals surface area contributed by atoms with E-state index in [2.05, 4.69) is 11.9 Å². The van der Waals surface area contributed by atoms with Crippen LogP contribution < -0.4 is 5.32 Å². The smallest absolute Gasteiger partial charge is 0.326 e. The van der Waals surface area contributed by atoms with Gasteiger partial charge in [-0.15, -0.1) is 0 Å². The Balaban J connectivity index is 1.75. The van der Waals surface area contributed by atoms with Crippen molar-refractivity contribution in [3.8, 4) is 0 Å². The molecule has 0 aromatic heterocycles. The first kappa shape index (κ1) is 17.4. The highest BCUT2D eigenvalue weighted by Crippen LogP contribution is 2.20. The minimum absolute atomic E-state index is 0.215. The lowest BCUT2D eigenvalue weighted by Crippen LogP contribution is -2.42. The lowest BCUT2D eigenvalue weighted by Gasteiger charge is -2.16. The Bertz CT molecular complexity index is 963. The summed E-state index contributed by atoms with van der Waals surface area (Å²) < 4.78 is 0. The summed E-state index contributed by atoms with van der Waals surface area (Å²) in [6.45, 7) is 3.85. The zero-order chi connectivity index (χ0) is 18.5. The van der Waals surface area contributed by atoms with Gasteiger partial charge in [-0.3, -0.25) is 4.79 Å². The largest absolute Gasteiger partial charge is 0.480 e. The number of carboxylic acid groups (broad SMARTS) is 1. The number of amides is 1. The molecule has 0 bridgehead atoms. The monoisotopic (exact) mass is 345 g/mol. The molecule has 0 spiro atoms. The fraction of sp³-hybridized carbons (Fsp3) is 0.0909. The average Bonchev–Trinajstić information content (AvgIpc) is 2.67. The van der Waals surface area contributed by atoms with Crippen molar-refractivity contribution in [3.05, 3.63) is 90.5 Å². The molecule has 0 heterocycles. The lowest BCUT2D eigenvalue weighted by molar-refractivity contribution is -0.141. The number of carbonyl (C=O) groups is 2. The van der Waals surface area contributed by atoms with E-state index in [1.165, 1.54) is 0 Å². The van der Waals surface area contributed by atoms with Crippen LogP contribution in [0.15, 0.2) is 79.4 Å². The van der Waals surface area contributed by atoms with E-state index >= 15 is 0 Å². The highest BCUT2D eigenvalue weighted by molar-refractivity contribution is 6.19. The van der Waals surface area contributed by atoms with Gasteiger partial charge in [0.15, 0.2) is 0 Å². The van der Waals surface area contributed by atoms with Gasteiger partial charge in [-0.1, -0.05) is 73.3 Å². The maximum absolute atomic E-state index is 12.5. The van der Waals surface area contributed by atoms with E-state index in [0.717, 1.165) is 16.3 Å². The molecular formula is C22H19NO3. The van der Waals surface area contributed by atoms with Gasteiger partial charge in [0, 0.05) is 12.0 Å². The summed E-state index contributed by atoms with van der Waals surface area (Å²) in [7, 11) is 0. The first-order chi connectivity index (χ1) is 12.5. The fourth-order valence-corrected chi connectivity index (χ4v) is 2.80. The molecule has 3 aromatic carbocycles. The SMILES string of the molecule is C=C(C(=O)N[C@H](Cc1ccccc1)C(=O)O)c1ccc2ccccc2c1. The van der Waals surface area contributed by atoms with Crippen molar-refractivity contribution < 1.29 is 14.7 Å². The molecule has 3 aromatic rings. The highest BCUT2D eigenvalue weighted by Gasteiger charge is 2.22. The number of hydrogen-bond donors (Lipinski definition) is 2. The highest BCUT2D eigenvalue weighted by atomic mass is 16.4. The van der Waals surface area contributed by atoms with Gasteiger partial charge in [0.2, 0.25) is 0 Å². The maximum Gasteiger partial charge on any atom is 0.326 e. The molecule has 1 atom stereocenters. The first-order valence-corrected chi connectivity index (χ1v) is 8.30. The van der Waals surface area contributed by atoms with E-state index in [9.17, 15) is 14.7 Å². The second kappa shape index (κ2) is 7.66. The quantitative estimate of drug-likeness (QED) is 0.670. The van der Waals surface area contributed by atoms with Crippen molar-refractivity contribution in [3.63, 3.8) is 0 Å². The van der Waals surface area contributed by atoms with Gasteiger partial charge in [0.05, 0.1) is 0 Å². The molecule has 130 valence electrons. The summed E-state index contributed by atoms with van der Waals surface area (Å²) in [4.78, 5) is 24.0. The Morgan fingerprint density at radius 1 is 0.923 bits per heavy atom. The predicted octanol–water partition coefficient (Wildman–Crippen LogP) is 3.67. The molecule has 3 rings (SSSR count). The van der Waals surface area contributed by atoms with Gasteiger partial charge in [-0.05, 0) is 28.0 Å². The van der Waals surface area contributed by atoms with E-state index in [4.69, 9.17) is 0 Å². The lowest BCUT2D eigenvalue weighted by atomic mass is 10.0. The molecule has 0 fully saturated rings. The van der Waals surface area contributed by atoms with Crippen LogP contribution in [0.1, 0.15) is 11.1 Å². The molecule has 0 unspecified atom stereocenters. The molecule has 0 aliphatic heterocycles. The Labute approximate surface area is 151 Å². The van der Waals surface area contributed by atoms with Crippen LogP contribution in [0, 0.1) is 0 Å². The van der Waals surface area contributed by atoms with Crippen LogP contribution >= 0.6 is 0 Å². The maximum atomic E-state index is 12.5. The topological polar surface area (TPSA) is 66.4 Å². The normalized spacial score (nSPS) is 11.7. The van der Waals surface area contributed by atoms with Gasteiger partial charge in [-0.2, -0.15) is 0 Å². The molecule has 0 aliphatic carbocycles. The van der Waals surface area contributed by atoms with E-state index in [-0.39, 0.29) is 12.0 Å². The van der Waals surface area contributed by atoms with Crippen molar-refractivity contribution in [1.82, 2.24) is 5.32 Å². The summed E-state index contributed by atoms with van der Waals surface area (Å²) in [6.07, 6.45) is 0.215. The Morgan fingerprint density at radius 2 is 1.58 bits per heavy atom. The second-order valence-electron chi connectivity index (χ2n) is 6.09. The number of aliphatic carboxylic acids is 1. The average molecular weight is 345 g/mol. The van der Waals surface area contributed by atoms with Crippen molar-refractivity contribution in [2.45, 2.75) is 12.5 Å². The summed E-state index contributed by atoms with van der Waals surface area (Å²) in [5.74, 6) is -1.56. The molecule has 0 radical (unpaired) electrons. The Kier molecular flexibility index (Phi) is 5.13. The molecule has 4 heteroatoms. The minimum atomic E-state index is -1.08. The molecule has 26 heavy (non-hydrogen) atoms. The van der Waals surface area contributed by atoms with Gasteiger partial charge in [0.25, 0.3) is 5.91 Å². The third-order valence-corrected chi connectivity index (χ3v) is 4.26. The summed E-state index contributed by atoms with van der Waals surface area (Å²) in [5.41, 5.74) is 1.76. The number of benzene rings is 3. The Morgan fingerprint density at radius 3 is 2.27 bits per heavy atom. The molecule has 4 nitrogen and oxygen atoms in total. The summed E-state index contributed by atoms with van der Waals surface area (Å²) >= 11 is 0. The Hall–Kier alpha value is -3.40. The van der Waals surface area contributed by atoms with Crippen LogP contribution in [-0.4, -0.2) is 23.0 Å². The zero-order valence-electron chi connectivity index (χ0n) is 14.2. The number of carboxylic acids is 1. The summed E-state index contributed by atoms with van der Waals surface area (Å²) in [6, 6.07) is 21.6. The number of nitrogens with one attached hydrogen (secondary N) is 1. The fourth-order valence-electron chi connectivity index (χ4n) is 2.80. The van der Waals surface area contributed by atoms with Gasteiger partial charge in [-0.25, -0.2) is 4.79 Å². The van der Waals surface area contributed by atoms with Crippen LogP contribution in [0.4, 0.5) is 0 Å². The molecule has 0 saturated heterocycles. The molecule has 2 N–H and O–H groups in total. The van der Waals surface area contributed by atoms with Crippen molar-refractivity contribution in [2.75, 3.05) is 0 Å². The molecular weight excluding hydrogens is 326 g/mol. The van der Waals surface area contributed by atoms with Crippen molar-refractivity contribution in [2.24, 2.45) is 0 Å². The molecule has 1 amide bonds. The number of carbonyl (C=O) groups excluding carboxylic acids is 1. The zero-order valence-corrected chi connectivity index (χ0v) is 14.2. The van der Waals surface area contributed by atoms with Crippen LogP contribution in [0.5, 0.6) is 0 Å². The van der Waals surface area contributed by atoms with Crippen molar-refractivity contribution in [1.29, 1.82) is 0 Å². The number of hydrogen-bond acceptors (Lipinski definition) is 2. The standard InChI is InChI=1S/C22H19NO3/c1-15(18-12-11-17-9-5-6-10-19(17)14-18)21(24)23-20(22(25)26)13-16-7-3-2-4-8-16/h2-12,14,20H,1,13H2,(H,23,24)(H,25,26)/t20-/m1/s1. The van der Waals surface area contributed by atoms with Gasteiger partial charge in [0.1, 0.15) is 6.04 Å². The molecule has 0 saturated carbocycles. The molecule has 0 aliphatic rings. The van der Waals surface area contributed by atoms with E-state index in [1.807, 2.05) is 72.8 Å². The third kappa shape index (κ3) is 3.98. The van der Waals surface area contributed by atoms with Gasteiger partial charge < -0.3 is 10.4 Å². The first-order valence-electron chi connectivity index (χ1n) is 8.30. The van der Waals surface area contributed by atoms with E-state index in [1.54, 1.807) is 0 Å². The van der Waals surface area contributed by atoms with Crippen molar-refractivity contribution >= 4 is 28.2 Å². The van der Waals surface area contributed by atoms with Crippen LogP contribution in [0.2, 0.25) is 0 Å². The summed E-state index contributed by atoms with van der Waals surface area (Å²) in [5, 5.41) is 14.1. The van der Waals surface area contributed by atoms with E-state index in [0.29, 0.717) is 5.56 Å².